The summed E-state index contributed by atoms with van der Waals surface area (Å²) in [5.41, 5.74) is 0.584. The van der Waals surface area contributed by atoms with Gasteiger partial charge in [0.05, 0.1) is 5.56 Å². The molecule has 0 aliphatic heterocycles. The van der Waals surface area contributed by atoms with Crippen LogP contribution in [0.25, 0.3) is 0 Å². The minimum Gasteiger partial charge on any atom is -0.384 e. The minimum absolute atomic E-state index is 0.276. The van der Waals surface area contributed by atoms with E-state index < -0.39 is 5.82 Å². The van der Waals surface area contributed by atoms with E-state index in [0.29, 0.717) is 12.1 Å². The SMILES string of the molecule is O=C(NCCc1cccs1)c1ccc(F)cc1C#CCO. The predicted molar refractivity (Wildman–Crippen MR) is 80.7 cm³/mol. The number of aliphatic hydroxyl groups is 1. The van der Waals surface area contributed by atoms with E-state index in [2.05, 4.69) is 17.2 Å². The lowest BCUT2D eigenvalue weighted by Gasteiger charge is -2.06. The summed E-state index contributed by atoms with van der Waals surface area (Å²) in [4.78, 5) is 13.3. The predicted octanol–water partition coefficient (Wildman–Crippen LogP) is 2.20. The van der Waals surface area contributed by atoms with Crippen LogP contribution < -0.4 is 5.32 Å². The second-order valence-corrected chi connectivity index (χ2v) is 5.27. The molecule has 0 bridgehead atoms. The molecule has 0 radical (unpaired) electrons. The molecule has 1 amide bonds. The normalized spacial score (nSPS) is 9.81. The number of carbonyl (C=O) groups is 1. The van der Waals surface area contributed by atoms with Gasteiger partial charge in [-0.2, -0.15) is 0 Å². The smallest absolute Gasteiger partial charge is 0.252 e. The highest BCUT2D eigenvalue weighted by atomic mass is 32.1. The number of hydrogen-bond donors (Lipinski definition) is 2. The molecule has 0 saturated heterocycles. The third-order valence-electron chi connectivity index (χ3n) is 2.77. The van der Waals surface area contributed by atoms with E-state index in [-0.39, 0.29) is 18.1 Å². The summed E-state index contributed by atoms with van der Waals surface area (Å²) in [6, 6.07) is 7.78. The zero-order valence-corrected chi connectivity index (χ0v) is 12.0. The molecule has 21 heavy (non-hydrogen) atoms. The van der Waals surface area contributed by atoms with Gasteiger partial charge >= 0.3 is 0 Å². The number of hydrogen-bond acceptors (Lipinski definition) is 3. The first-order valence-electron chi connectivity index (χ1n) is 6.40. The van der Waals surface area contributed by atoms with Crippen molar-refractivity contribution in [2.75, 3.05) is 13.2 Å². The maximum Gasteiger partial charge on any atom is 0.252 e. The van der Waals surface area contributed by atoms with Gasteiger partial charge in [0.2, 0.25) is 0 Å². The maximum atomic E-state index is 13.2. The Balaban J connectivity index is 2.04. The van der Waals surface area contributed by atoms with Gasteiger partial charge in [0.15, 0.2) is 0 Å². The quantitative estimate of drug-likeness (QED) is 0.851. The summed E-state index contributed by atoms with van der Waals surface area (Å²) in [7, 11) is 0. The molecule has 0 aliphatic rings. The summed E-state index contributed by atoms with van der Waals surface area (Å²) in [5, 5.41) is 13.5. The Hall–Kier alpha value is -2.16. The van der Waals surface area contributed by atoms with Gasteiger partial charge in [-0.25, -0.2) is 4.39 Å². The van der Waals surface area contributed by atoms with Gasteiger partial charge in [-0.3, -0.25) is 4.79 Å². The summed E-state index contributed by atoms with van der Waals surface area (Å²) < 4.78 is 13.2. The maximum absolute atomic E-state index is 13.2. The zero-order valence-electron chi connectivity index (χ0n) is 11.2. The number of nitrogens with one attached hydrogen (secondary N) is 1. The van der Waals surface area contributed by atoms with Crippen LogP contribution in [0.3, 0.4) is 0 Å². The molecule has 0 saturated carbocycles. The summed E-state index contributed by atoms with van der Waals surface area (Å²) in [5.74, 6) is 4.25. The van der Waals surface area contributed by atoms with Crippen molar-refractivity contribution < 1.29 is 14.3 Å². The van der Waals surface area contributed by atoms with Crippen molar-refractivity contribution in [1.82, 2.24) is 5.32 Å². The number of aliphatic hydroxyl groups excluding tert-OH is 1. The minimum atomic E-state index is -0.465. The summed E-state index contributed by atoms with van der Waals surface area (Å²) >= 11 is 1.64. The first-order chi connectivity index (χ1) is 10.2. The average molecular weight is 303 g/mol. The van der Waals surface area contributed by atoms with Crippen LogP contribution in [0, 0.1) is 17.7 Å². The average Bonchev–Trinajstić information content (AvgIpc) is 2.98. The highest BCUT2D eigenvalue weighted by Crippen LogP contribution is 2.11. The van der Waals surface area contributed by atoms with Crippen molar-refractivity contribution >= 4 is 17.2 Å². The van der Waals surface area contributed by atoms with Crippen LogP contribution in [-0.2, 0) is 6.42 Å². The number of benzene rings is 1. The second kappa shape index (κ2) is 7.58. The van der Waals surface area contributed by atoms with E-state index in [1.54, 1.807) is 11.3 Å². The number of halogens is 1. The van der Waals surface area contributed by atoms with E-state index in [1.165, 1.54) is 23.1 Å². The second-order valence-electron chi connectivity index (χ2n) is 4.24. The third kappa shape index (κ3) is 4.42. The molecule has 0 aliphatic carbocycles. The lowest BCUT2D eigenvalue weighted by molar-refractivity contribution is 0.0954. The molecule has 0 unspecified atom stereocenters. The van der Waals surface area contributed by atoms with Crippen LogP contribution in [-0.4, -0.2) is 24.2 Å². The molecular weight excluding hydrogens is 289 g/mol. The van der Waals surface area contributed by atoms with Crippen LogP contribution in [0.5, 0.6) is 0 Å². The molecule has 1 heterocycles. The molecule has 108 valence electrons. The molecule has 1 aromatic carbocycles. The lowest BCUT2D eigenvalue weighted by atomic mass is 10.1. The number of carbonyl (C=O) groups excluding carboxylic acids is 1. The van der Waals surface area contributed by atoms with Crippen molar-refractivity contribution in [3.05, 3.63) is 57.5 Å². The highest BCUT2D eigenvalue weighted by Gasteiger charge is 2.10. The van der Waals surface area contributed by atoms with Crippen molar-refractivity contribution in [1.29, 1.82) is 0 Å². The summed E-state index contributed by atoms with van der Waals surface area (Å²) in [6.45, 7) is 0.166. The fourth-order valence-electron chi connectivity index (χ4n) is 1.80. The highest BCUT2D eigenvalue weighted by molar-refractivity contribution is 7.09. The van der Waals surface area contributed by atoms with Crippen molar-refractivity contribution in [2.24, 2.45) is 0 Å². The first-order valence-corrected chi connectivity index (χ1v) is 7.28. The number of thiophene rings is 1. The number of rotatable bonds is 4. The lowest BCUT2D eigenvalue weighted by Crippen LogP contribution is -2.26. The Labute approximate surface area is 126 Å². The van der Waals surface area contributed by atoms with Gasteiger partial charge < -0.3 is 10.4 Å². The van der Waals surface area contributed by atoms with Gasteiger partial charge in [-0.1, -0.05) is 17.9 Å². The van der Waals surface area contributed by atoms with Crippen LogP contribution >= 0.6 is 11.3 Å². The molecular formula is C16H14FNO2S. The van der Waals surface area contributed by atoms with Crippen molar-refractivity contribution in [3.63, 3.8) is 0 Å². The van der Waals surface area contributed by atoms with Gasteiger partial charge in [-0.15, -0.1) is 11.3 Å². The van der Waals surface area contributed by atoms with E-state index in [9.17, 15) is 9.18 Å². The van der Waals surface area contributed by atoms with E-state index in [1.807, 2.05) is 17.5 Å². The standard InChI is InChI=1S/C16H14FNO2S/c17-13-5-6-15(12(11-13)3-1-9-19)16(20)18-8-7-14-4-2-10-21-14/h2,4-6,10-11,19H,7-9H2,(H,18,20). The van der Waals surface area contributed by atoms with Crippen molar-refractivity contribution in [2.45, 2.75) is 6.42 Å². The van der Waals surface area contributed by atoms with E-state index in [0.717, 1.165) is 6.42 Å². The molecule has 0 fully saturated rings. The molecule has 2 rings (SSSR count). The van der Waals surface area contributed by atoms with Crippen LogP contribution in [0.2, 0.25) is 0 Å². The molecule has 2 aromatic rings. The fraction of sp³-hybridized carbons (Fsp3) is 0.188. The van der Waals surface area contributed by atoms with E-state index >= 15 is 0 Å². The van der Waals surface area contributed by atoms with Gasteiger partial charge in [0.25, 0.3) is 5.91 Å². The molecule has 5 heteroatoms. The molecule has 1 aromatic heterocycles. The third-order valence-corrected chi connectivity index (χ3v) is 3.70. The van der Waals surface area contributed by atoms with Crippen LogP contribution in [0.4, 0.5) is 4.39 Å². The van der Waals surface area contributed by atoms with E-state index in [4.69, 9.17) is 5.11 Å². The first kappa shape index (κ1) is 15.2. The Morgan fingerprint density at radius 1 is 1.38 bits per heavy atom. The Morgan fingerprint density at radius 2 is 2.24 bits per heavy atom. The Bertz CT molecular complexity index is 671. The molecule has 0 spiro atoms. The van der Waals surface area contributed by atoms with Gasteiger partial charge in [0, 0.05) is 17.0 Å². The van der Waals surface area contributed by atoms with Gasteiger partial charge in [-0.05, 0) is 36.1 Å². The topological polar surface area (TPSA) is 49.3 Å². The van der Waals surface area contributed by atoms with Gasteiger partial charge in [0.1, 0.15) is 12.4 Å². The van der Waals surface area contributed by atoms with Crippen LogP contribution in [0.1, 0.15) is 20.8 Å². The molecule has 0 atom stereocenters. The Morgan fingerprint density at radius 3 is 2.95 bits per heavy atom. The summed E-state index contributed by atoms with van der Waals surface area (Å²) in [6.07, 6.45) is 0.752. The zero-order chi connectivity index (χ0) is 15.1. The number of amides is 1. The monoisotopic (exact) mass is 303 g/mol. The Kier molecular flexibility index (Phi) is 5.50. The fourth-order valence-corrected chi connectivity index (χ4v) is 2.51. The van der Waals surface area contributed by atoms with Crippen LogP contribution in [0.15, 0.2) is 35.7 Å². The van der Waals surface area contributed by atoms with Crippen molar-refractivity contribution in [3.8, 4) is 11.8 Å². The largest absolute Gasteiger partial charge is 0.384 e. The molecule has 2 N–H and O–H groups in total. The molecule has 3 nitrogen and oxygen atoms in total.